The first kappa shape index (κ1) is 23.8. The Hall–Kier alpha value is -2.88. The number of hydrogen-bond donors (Lipinski definition) is 1. The topological polar surface area (TPSA) is 71.5 Å². The Morgan fingerprint density at radius 1 is 1.22 bits per heavy atom. The summed E-state index contributed by atoms with van der Waals surface area (Å²) in [6.07, 6.45) is -3.96. The van der Waals surface area contributed by atoms with Gasteiger partial charge < -0.3 is 15.0 Å². The van der Waals surface area contributed by atoms with Gasteiger partial charge in [0, 0.05) is 19.3 Å². The van der Waals surface area contributed by atoms with Crippen LogP contribution in [0.5, 0.6) is 0 Å². The molecule has 0 radical (unpaired) electrons. The van der Waals surface area contributed by atoms with Crippen LogP contribution in [0.4, 0.5) is 29.1 Å². The lowest BCUT2D eigenvalue weighted by atomic mass is 9.97. The number of hydrogen-bond acceptors (Lipinski definition) is 5. The van der Waals surface area contributed by atoms with E-state index in [0.717, 1.165) is 24.4 Å². The summed E-state index contributed by atoms with van der Waals surface area (Å²) in [6.45, 7) is 2.22. The van der Waals surface area contributed by atoms with E-state index in [-0.39, 0.29) is 10.7 Å². The molecule has 0 unspecified atom stereocenters. The van der Waals surface area contributed by atoms with Gasteiger partial charge in [-0.25, -0.2) is 9.37 Å². The van der Waals surface area contributed by atoms with Crippen molar-refractivity contribution in [3.8, 4) is 0 Å². The lowest BCUT2D eigenvalue weighted by Crippen LogP contribution is -2.39. The SMILES string of the molecule is C[C@H](OC(=O)C1CCN(c2ccc(C(F)(F)F)cn2)CC1)C(=O)Nc1ccc(F)cc1Cl. The van der Waals surface area contributed by atoms with Crippen LogP contribution in [0.25, 0.3) is 0 Å². The van der Waals surface area contributed by atoms with Gasteiger partial charge in [-0.15, -0.1) is 0 Å². The summed E-state index contributed by atoms with van der Waals surface area (Å²) in [5, 5.41) is 2.49. The van der Waals surface area contributed by atoms with Crippen LogP contribution in [0.3, 0.4) is 0 Å². The van der Waals surface area contributed by atoms with Crippen molar-refractivity contribution in [2.24, 2.45) is 5.92 Å². The second-order valence-electron chi connectivity index (χ2n) is 7.36. The number of rotatable bonds is 5. The molecule has 172 valence electrons. The molecule has 2 aromatic rings. The number of nitrogens with one attached hydrogen (secondary N) is 1. The zero-order chi connectivity index (χ0) is 23.5. The molecule has 2 heterocycles. The Kier molecular flexibility index (Phi) is 7.22. The number of nitrogens with zero attached hydrogens (tertiary/aromatic N) is 2. The molecule has 6 nitrogen and oxygen atoms in total. The lowest BCUT2D eigenvalue weighted by molar-refractivity contribution is -0.158. The lowest BCUT2D eigenvalue weighted by Gasteiger charge is -2.32. The van der Waals surface area contributed by atoms with Gasteiger partial charge in [0.15, 0.2) is 6.10 Å². The number of ether oxygens (including phenoxy) is 1. The number of pyridine rings is 1. The quantitative estimate of drug-likeness (QED) is 0.504. The van der Waals surface area contributed by atoms with Gasteiger partial charge >= 0.3 is 12.1 Å². The minimum Gasteiger partial charge on any atom is -0.452 e. The Morgan fingerprint density at radius 2 is 1.91 bits per heavy atom. The van der Waals surface area contributed by atoms with Gasteiger partial charge in [0.1, 0.15) is 11.6 Å². The van der Waals surface area contributed by atoms with E-state index >= 15 is 0 Å². The van der Waals surface area contributed by atoms with Crippen LogP contribution in [0.2, 0.25) is 5.02 Å². The van der Waals surface area contributed by atoms with Crippen molar-refractivity contribution in [2.45, 2.75) is 32.0 Å². The van der Waals surface area contributed by atoms with Gasteiger partial charge in [0.05, 0.1) is 22.2 Å². The third-order valence-corrected chi connectivity index (χ3v) is 5.39. The smallest absolute Gasteiger partial charge is 0.417 e. The van der Waals surface area contributed by atoms with Gasteiger partial charge in [-0.3, -0.25) is 9.59 Å². The molecule has 3 rings (SSSR count). The number of anilines is 2. The van der Waals surface area contributed by atoms with Crippen LogP contribution in [0.1, 0.15) is 25.3 Å². The fraction of sp³-hybridized carbons (Fsp3) is 0.381. The molecule has 0 spiro atoms. The van der Waals surface area contributed by atoms with E-state index in [1.54, 1.807) is 4.90 Å². The third-order valence-electron chi connectivity index (χ3n) is 5.08. The fourth-order valence-electron chi connectivity index (χ4n) is 3.23. The fourth-order valence-corrected chi connectivity index (χ4v) is 3.45. The zero-order valence-corrected chi connectivity index (χ0v) is 17.7. The molecule has 32 heavy (non-hydrogen) atoms. The van der Waals surface area contributed by atoms with Crippen LogP contribution >= 0.6 is 11.6 Å². The summed E-state index contributed by atoms with van der Waals surface area (Å²) in [5.74, 6) is -1.76. The van der Waals surface area contributed by atoms with Crippen molar-refractivity contribution in [3.05, 3.63) is 52.9 Å². The normalized spacial score (nSPS) is 15.9. The molecule has 0 saturated carbocycles. The van der Waals surface area contributed by atoms with E-state index in [4.69, 9.17) is 16.3 Å². The molecule has 1 atom stereocenters. The van der Waals surface area contributed by atoms with Gasteiger partial charge in [-0.2, -0.15) is 13.2 Å². The van der Waals surface area contributed by atoms with Crippen LogP contribution in [-0.2, 0) is 20.5 Å². The summed E-state index contributed by atoms with van der Waals surface area (Å²) >= 11 is 5.87. The predicted octanol–water partition coefficient (Wildman–Crippen LogP) is 4.68. The first-order valence-electron chi connectivity index (χ1n) is 9.79. The molecule has 1 fully saturated rings. The minimum atomic E-state index is -4.45. The maximum Gasteiger partial charge on any atom is 0.417 e. The molecule has 0 bridgehead atoms. The molecule has 1 aromatic carbocycles. The Labute approximate surface area is 186 Å². The molecular formula is C21H20ClF4N3O3. The van der Waals surface area contributed by atoms with E-state index in [0.29, 0.717) is 31.7 Å². The number of benzene rings is 1. The highest BCUT2D eigenvalue weighted by Gasteiger charge is 2.32. The van der Waals surface area contributed by atoms with Gasteiger partial charge in [0.25, 0.3) is 5.91 Å². The van der Waals surface area contributed by atoms with Crippen LogP contribution in [0, 0.1) is 11.7 Å². The second-order valence-corrected chi connectivity index (χ2v) is 7.76. The van der Waals surface area contributed by atoms with Crippen LogP contribution in [0.15, 0.2) is 36.5 Å². The summed E-state index contributed by atoms with van der Waals surface area (Å²) in [6, 6.07) is 5.75. The molecule has 1 saturated heterocycles. The largest absolute Gasteiger partial charge is 0.452 e. The maximum atomic E-state index is 13.1. The molecule has 1 aliphatic heterocycles. The van der Waals surface area contributed by atoms with E-state index < -0.39 is 41.5 Å². The molecule has 1 aliphatic rings. The molecule has 1 amide bonds. The molecular weight excluding hydrogens is 454 g/mol. The summed E-state index contributed by atoms with van der Waals surface area (Å²) in [7, 11) is 0. The number of carbonyl (C=O) groups is 2. The number of halogens is 5. The highest BCUT2D eigenvalue weighted by atomic mass is 35.5. The van der Waals surface area contributed by atoms with Crippen molar-refractivity contribution < 1.29 is 31.9 Å². The molecule has 11 heteroatoms. The average Bonchev–Trinajstić information content (AvgIpc) is 2.75. The molecule has 0 aliphatic carbocycles. The maximum absolute atomic E-state index is 13.1. The zero-order valence-electron chi connectivity index (χ0n) is 17.0. The highest BCUT2D eigenvalue weighted by Crippen LogP contribution is 2.30. The summed E-state index contributed by atoms with van der Waals surface area (Å²) in [4.78, 5) is 30.4. The molecule has 1 N–H and O–H groups in total. The molecule has 1 aromatic heterocycles. The van der Waals surface area contributed by atoms with E-state index in [9.17, 15) is 27.2 Å². The van der Waals surface area contributed by atoms with E-state index in [2.05, 4.69) is 10.3 Å². The summed E-state index contributed by atoms with van der Waals surface area (Å²) in [5.41, 5.74) is -0.632. The standard InChI is InChI=1S/C21H20ClF4N3O3/c1-12(19(30)28-17-4-3-15(23)10-16(17)22)32-20(31)13-6-8-29(9-7-13)18-5-2-14(11-27-18)21(24,25)26/h2-5,10-13H,6-9H2,1H3,(H,28,30)/t12-/m0/s1. The van der Waals surface area contributed by atoms with Gasteiger partial charge in [0.2, 0.25) is 0 Å². The number of carbonyl (C=O) groups excluding carboxylic acids is 2. The Balaban J connectivity index is 1.50. The van der Waals surface area contributed by atoms with E-state index in [1.165, 1.54) is 19.1 Å². The third kappa shape index (κ3) is 5.87. The minimum absolute atomic E-state index is 0.0149. The van der Waals surface area contributed by atoms with E-state index in [1.807, 2.05) is 0 Å². The van der Waals surface area contributed by atoms with Crippen LogP contribution < -0.4 is 10.2 Å². The second kappa shape index (κ2) is 9.72. The number of piperidine rings is 1. The highest BCUT2D eigenvalue weighted by molar-refractivity contribution is 6.33. The summed E-state index contributed by atoms with van der Waals surface area (Å²) < 4.78 is 56.4. The average molecular weight is 474 g/mol. The van der Waals surface area contributed by atoms with Crippen molar-refractivity contribution in [3.63, 3.8) is 0 Å². The number of amides is 1. The first-order valence-corrected chi connectivity index (χ1v) is 10.2. The number of alkyl halides is 3. The number of aromatic nitrogens is 1. The van der Waals surface area contributed by atoms with Crippen LogP contribution in [-0.4, -0.2) is 36.1 Å². The monoisotopic (exact) mass is 473 g/mol. The Bertz CT molecular complexity index is 977. The number of esters is 1. The van der Waals surface area contributed by atoms with Crippen molar-refractivity contribution in [2.75, 3.05) is 23.3 Å². The van der Waals surface area contributed by atoms with Gasteiger partial charge in [-0.1, -0.05) is 11.6 Å². The first-order chi connectivity index (χ1) is 15.0. The van der Waals surface area contributed by atoms with Gasteiger partial charge in [-0.05, 0) is 50.1 Å². The Morgan fingerprint density at radius 3 is 2.47 bits per heavy atom. The predicted molar refractivity (Wildman–Crippen MR) is 110 cm³/mol. The van der Waals surface area contributed by atoms with Crippen molar-refractivity contribution in [1.29, 1.82) is 0 Å². The van der Waals surface area contributed by atoms with Crippen molar-refractivity contribution >= 4 is 35.0 Å². The van der Waals surface area contributed by atoms with Crippen molar-refractivity contribution in [1.82, 2.24) is 4.98 Å².